The van der Waals surface area contributed by atoms with Gasteiger partial charge in [-0.2, -0.15) is 0 Å². The van der Waals surface area contributed by atoms with Crippen LogP contribution in [-0.2, 0) is 9.59 Å². The quantitative estimate of drug-likeness (QED) is 0.478. The Morgan fingerprint density at radius 2 is 1.75 bits per heavy atom. The maximum absolute atomic E-state index is 10.4. The van der Waals surface area contributed by atoms with E-state index >= 15 is 0 Å². The van der Waals surface area contributed by atoms with E-state index in [-0.39, 0.29) is 6.42 Å². The highest BCUT2D eigenvalue weighted by molar-refractivity contribution is 6.32. The lowest BCUT2D eigenvalue weighted by atomic mass is 10.2. The monoisotopic (exact) mass is 175 g/mol. The van der Waals surface area contributed by atoms with Crippen molar-refractivity contribution < 1.29 is 14.7 Å². The fourth-order valence-corrected chi connectivity index (χ4v) is 0.537. The van der Waals surface area contributed by atoms with Crippen LogP contribution in [0.15, 0.2) is 0 Å². The lowest BCUT2D eigenvalue weighted by Crippen LogP contribution is -2.12. The van der Waals surface area contributed by atoms with Crippen molar-refractivity contribution in [3.63, 3.8) is 0 Å². The van der Waals surface area contributed by atoms with E-state index in [9.17, 15) is 9.59 Å². The second kappa shape index (κ2) is 10.1. The Labute approximate surface area is 72.8 Å². The molecule has 0 bridgehead atoms. The minimum absolute atomic E-state index is 0.104. The van der Waals surface area contributed by atoms with E-state index in [0.717, 1.165) is 0 Å². The van der Waals surface area contributed by atoms with Crippen molar-refractivity contribution in [1.29, 1.82) is 0 Å². The smallest absolute Gasteiger partial charge is 0.372 e. The van der Waals surface area contributed by atoms with Gasteiger partial charge in [0.15, 0.2) is 0 Å². The van der Waals surface area contributed by atoms with Crippen LogP contribution >= 0.6 is 0 Å². The fraction of sp³-hybridized carbons (Fsp3) is 0.750. The molecule has 4 heteroatoms. The highest BCUT2D eigenvalue weighted by Crippen LogP contribution is 1.94. The van der Waals surface area contributed by atoms with Gasteiger partial charge < -0.3 is 10.8 Å². The lowest BCUT2D eigenvalue weighted by molar-refractivity contribution is -0.149. The Bertz CT molecular complexity index is 134. The largest absolute Gasteiger partial charge is 0.476 e. The van der Waals surface area contributed by atoms with Gasteiger partial charge in [0.25, 0.3) is 0 Å². The number of aliphatic carboxylic acids is 1. The minimum atomic E-state index is -1.35. The number of carboxylic acid groups (broad SMARTS) is 1. The van der Waals surface area contributed by atoms with E-state index < -0.39 is 11.8 Å². The molecule has 0 saturated carbocycles. The number of carboxylic acids is 1. The van der Waals surface area contributed by atoms with Gasteiger partial charge in [0.1, 0.15) is 0 Å². The molecule has 12 heavy (non-hydrogen) atoms. The van der Waals surface area contributed by atoms with Crippen LogP contribution in [0.3, 0.4) is 0 Å². The maximum atomic E-state index is 10.4. The summed E-state index contributed by atoms with van der Waals surface area (Å²) in [6.45, 7) is 4.51. The molecule has 0 aliphatic heterocycles. The molecule has 0 amide bonds. The second-order valence-corrected chi connectivity index (χ2v) is 1.97. The van der Waals surface area contributed by atoms with Gasteiger partial charge in [-0.1, -0.05) is 13.8 Å². The number of nitrogens with two attached hydrogens (primary N) is 1. The summed E-state index contributed by atoms with van der Waals surface area (Å²) in [5.74, 6) is -2.08. The minimum Gasteiger partial charge on any atom is -0.476 e. The normalized spacial score (nSPS) is 8.25. The van der Waals surface area contributed by atoms with Crippen molar-refractivity contribution >= 4 is 11.8 Å². The van der Waals surface area contributed by atoms with Gasteiger partial charge in [-0.15, -0.1) is 0 Å². The van der Waals surface area contributed by atoms with E-state index in [1.165, 1.54) is 0 Å². The first-order valence-electron chi connectivity index (χ1n) is 4.14. The Kier molecular flexibility index (Phi) is 11.5. The van der Waals surface area contributed by atoms with Gasteiger partial charge in [0.05, 0.1) is 0 Å². The summed E-state index contributed by atoms with van der Waals surface area (Å²) < 4.78 is 0. The molecule has 0 radical (unpaired) electrons. The van der Waals surface area contributed by atoms with E-state index in [2.05, 4.69) is 0 Å². The first kappa shape index (κ1) is 13.7. The van der Waals surface area contributed by atoms with Crippen LogP contribution in [0, 0.1) is 0 Å². The van der Waals surface area contributed by atoms with Gasteiger partial charge in [-0.05, 0) is 19.4 Å². The van der Waals surface area contributed by atoms with Crippen LogP contribution in [0.2, 0.25) is 0 Å². The number of Topliss-reactive ketones (excluding diaryl/α,β-unsaturated/α-hetero) is 1. The van der Waals surface area contributed by atoms with Gasteiger partial charge in [0, 0.05) is 6.42 Å². The van der Waals surface area contributed by atoms with Crippen molar-refractivity contribution in [2.24, 2.45) is 5.73 Å². The Morgan fingerprint density at radius 3 is 2.08 bits per heavy atom. The number of hydrogen-bond donors (Lipinski definition) is 2. The Morgan fingerprint density at radius 1 is 1.25 bits per heavy atom. The summed E-state index contributed by atoms with van der Waals surface area (Å²) >= 11 is 0. The average Bonchev–Trinajstić information content (AvgIpc) is 2.08. The van der Waals surface area contributed by atoms with E-state index in [4.69, 9.17) is 10.8 Å². The highest BCUT2D eigenvalue weighted by Gasteiger charge is 2.08. The van der Waals surface area contributed by atoms with Gasteiger partial charge in [-0.3, -0.25) is 4.79 Å². The number of unbranched alkanes of at least 4 members (excludes halogenated alkanes) is 1. The average molecular weight is 175 g/mol. The SMILES string of the molecule is CC.NCCCCC(=O)C(=O)O. The highest BCUT2D eigenvalue weighted by atomic mass is 16.4. The molecule has 0 spiro atoms. The summed E-state index contributed by atoms with van der Waals surface area (Å²) in [5, 5.41) is 8.10. The van der Waals surface area contributed by atoms with Crippen molar-refractivity contribution in [1.82, 2.24) is 0 Å². The predicted molar refractivity (Wildman–Crippen MR) is 46.9 cm³/mol. The van der Waals surface area contributed by atoms with Gasteiger partial charge >= 0.3 is 5.97 Å². The van der Waals surface area contributed by atoms with Crippen molar-refractivity contribution in [3.05, 3.63) is 0 Å². The second-order valence-electron chi connectivity index (χ2n) is 1.97. The molecule has 4 nitrogen and oxygen atoms in total. The van der Waals surface area contributed by atoms with Crippen molar-refractivity contribution in [3.8, 4) is 0 Å². The summed E-state index contributed by atoms with van der Waals surface area (Å²) in [4.78, 5) is 20.3. The molecule has 72 valence electrons. The number of hydrogen-bond acceptors (Lipinski definition) is 3. The van der Waals surface area contributed by atoms with Crippen LogP contribution in [0.5, 0.6) is 0 Å². The summed E-state index contributed by atoms with van der Waals surface area (Å²) in [7, 11) is 0. The maximum Gasteiger partial charge on any atom is 0.372 e. The molecule has 0 aromatic rings. The number of carbonyl (C=O) groups excluding carboxylic acids is 1. The molecule has 0 saturated heterocycles. The first-order chi connectivity index (χ1) is 5.68. The molecule has 0 aromatic carbocycles. The molecule has 0 aliphatic rings. The summed E-state index contributed by atoms with van der Waals surface area (Å²) in [5.41, 5.74) is 5.13. The van der Waals surface area contributed by atoms with Gasteiger partial charge in [0.2, 0.25) is 5.78 Å². The van der Waals surface area contributed by atoms with Crippen LogP contribution < -0.4 is 5.73 Å². The van der Waals surface area contributed by atoms with Crippen molar-refractivity contribution in [2.75, 3.05) is 6.54 Å². The van der Waals surface area contributed by atoms with Crippen molar-refractivity contribution in [2.45, 2.75) is 33.1 Å². The topological polar surface area (TPSA) is 80.4 Å². The molecule has 0 rings (SSSR count). The van der Waals surface area contributed by atoms with Crippen LogP contribution in [0.25, 0.3) is 0 Å². The lowest BCUT2D eigenvalue weighted by Gasteiger charge is -1.92. The van der Waals surface area contributed by atoms with E-state index in [0.29, 0.717) is 19.4 Å². The van der Waals surface area contributed by atoms with E-state index in [1.54, 1.807) is 0 Å². The zero-order valence-corrected chi connectivity index (χ0v) is 7.67. The number of ketones is 1. The predicted octanol–water partition coefficient (Wildman–Crippen LogP) is 0.795. The molecule has 0 heterocycles. The summed E-state index contributed by atoms with van der Waals surface area (Å²) in [6, 6.07) is 0. The molecule has 0 atom stereocenters. The molecule has 0 aromatic heterocycles. The fourth-order valence-electron chi connectivity index (χ4n) is 0.537. The Balaban J connectivity index is 0. The third kappa shape index (κ3) is 9.10. The third-order valence-corrected chi connectivity index (χ3v) is 1.10. The zero-order valence-electron chi connectivity index (χ0n) is 7.67. The molecule has 0 unspecified atom stereocenters. The number of carbonyl (C=O) groups is 2. The van der Waals surface area contributed by atoms with Crippen LogP contribution in [0.1, 0.15) is 33.1 Å². The molecular formula is C8H17NO3. The third-order valence-electron chi connectivity index (χ3n) is 1.10. The summed E-state index contributed by atoms with van der Waals surface area (Å²) in [6.07, 6.45) is 1.38. The molecule has 0 fully saturated rings. The number of rotatable bonds is 5. The van der Waals surface area contributed by atoms with E-state index in [1.807, 2.05) is 13.8 Å². The van der Waals surface area contributed by atoms with Gasteiger partial charge in [-0.25, -0.2) is 4.79 Å². The standard InChI is InChI=1S/C6H11NO3.C2H6/c7-4-2-1-3-5(8)6(9)10;1-2/h1-4,7H2,(H,9,10);1-2H3. The van der Waals surface area contributed by atoms with Crippen LogP contribution in [-0.4, -0.2) is 23.4 Å². The molecule has 0 aliphatic carbocycles. The molecular weight excluding hydrogens is 158 g/mol. The molecule has 3 N–H and O–H groups in total. The first-order valence-corrected chi connectivity index (χ1v) is 4.14. The Hall–Kier alpha value is -0.900. The van der Waals surface area contributed by atoms with Crippen LogP contribution in [0.4, 0.5) is 0 Å². The zero-order chi connectivity index (χ0) is 9.98.